The average Bonchev–Trinajstić information content (AvgIpc) is 3.85. The summed E-state index contributed by atoms with van der Waals surface area (Å²) in [6.07, 6.45) is 0. The van der Waals surface area contributed by atoms with Gasteiger partial charge in [-0.3, -0.25) is 0 Å². The van der Waals surface area contributed by atoms with Crippen LogP contribution < -0.4 is 4.90 Å². The van der Waals surface area contributed by atoms with Gasteiger partial charge in [0.25, 0.3) is 0 Å². The number of para-hydroxylation sites is 4. The summed E-state index contributed by atoms with van der Waals surface area (Å²) in [7, 11) is 0. The van der Waals surface area contributed by atoms with Gasteiger partial charge in [-0.1, -0.05) is 72.8 Å². The topological polar surface area (TPSA) is 13.1 Å². The molecule has 0 bridgehead atoms. The van der Waals surface area contributed by atoms with E-state index < -0.39 is 0 Å². The maximum Gasteiger partial charge on any atom is 0.103 e. The van der Waals surface area contributed by atoms with Gasteiger partial charge in [0.2, 0.25) is 0 Å². The first-order valence-corrected chi connectivity index (χ1v) is 16.4. The first kappa shape index (κ1) is 24.0. The Morgan fingerprint density at radius 3 is 1.52 bits per heavy atom. The van der Waals surface area contributed by atoms with Crippen LogP contribution >= 0.6 is 34.0 Å². The van der Waals surface area contributed by atoms with Gasteiger partial charge in [0.05, 0.1) is 40.9 Å². The van der Waals surface area contributed by atoms with E-state index in [1.54, 1.807) is 0 Å². The van der Waals surface area contributed by atoms with E-state index in [1.807, 2.05) is 34.0 Å². The molecule has 0 aliphatic heterocycles. The van der Waals surface area contributed by atoms with Crippen LogP contribution in [0.15, 0.2) is 139 Å². The standard InChI is InChI=1S/C36H23N3S3/c1-5-13-24(14-6-1)37(25-15-7-2-8-16-25)30-23-29-34(41-30)36-32(39(29)27-19-11-4-12-20-27)31-35(42-36)33-28(21-22-40-33)38(31)26-17-9-3-10-18-26/h1-23H. The maximum absolute atomic E-state index is 2.49. The molecule has 0 amide bonds. The van der Waals surface area contributed by atoms with Gasteiger partial charge in [-0.25, -0.2) is 0 Å². The highest BCUT2D eigenvalue weighted by atomic mass is 32.1. The number of anilines is 3. The Kier molecular flexibility index (Phi) is 5.41. The van der Waals surface area contributed by atoms with Crippen LogP contribution in [0.3, 0.4) is 0 Å². The van der Waals surface area contributed by atoms with Gasteiger partial charge in [-0.2, -0.15) is 0 Å². The van der Waals surface area contributed by atoms with Crippen molar-refractivity contribution in [3.63, 3.8) is 0 Å². The lowest BCUT2D eigenvalue weighted by Crippen LogP contribution is -2.07. The van der Waals surface area contributed by atoms with E-state index >= 15 is 0 Å². The fraction of sp³-hybridized carbons (Fsp3) is 0. The average molecular weight is 594 g/mol. The smallest absolute Gasteiger partial charge is 0.103 e. The van der Waals surface area contributed by atoms with Crippen molar-refractivity contribution < 1.29 is 0 Å². The number of fused-ring (bicyclic) bond motifs is 7. The molecule has 0 fully saturated rings. The molecule has 5 aromatic heterocycles. The van der Waals surface area contributed by atoms with Crippen molar-refractivity contribution in [1.29, 1.82) is 0 Å². The highest BCUT2D eigenvalue weighted by Crippen LogP contribution is 2.52. The Morgan fingerprint density at radius 1 is 0.452 bits per heavy atom. The Morgan fingerprint density at radius 2 is 0.952 bits per heavy atom. The molecule has 42 heavy (non-hydrogen) atoms. The van der Waals surface area contributed by atoms with E-state index in [0.717, 1.165) is 11.4 Å². The third kappa shape index (κ3) is 3.50. The Hall–Kier alpha value is -4.62. The molecule has 0 saturated heterocycles. The summed E-state index contributed by atoms with van der Waals surface area (Å²) in [4.78, 5) is 2.38. The van der Waals surface area contributed by atoms with Crippen molar-refractivity contribution in [3.05, 3.63) is 139 Å². The fourth-order valence-electron chi connectivity index (χ4n) is 6.08. The number of hydrogen-bond acceptors (Lipinski definition) is 4. The van der Waals surface area contributed by atoms with Crippen LogP contribution in [-0.4, -0.2) is 9.13 Å². The molecule has 0 unspecified atom stereocenters. The van der Waals surface area contributed by atoms with Gasteiger partial charge in [0.15, 0.2) is 0 Å². The molecule has 0 N–H and O–H groups in total. The van der Waals surface area contributed by atoms with Crippen LogP contribution in [0.4, 0.5) is 16.4 Å². The van der Waals surface area contributed by atoms with Crippen molar-refractivity contribution in [1.82, 2.24) is 9.13 Å². The minimum Gasteiger partial charge on any atom is -0.306 e. The minimum absolute atomic E-state index is 1.15. The van der Waals surface area contributed by atoms with Gasteiger partial charge in [0.1, 0.15) is 5.00 Å². The number of aromatic nitrogens is 2. The molecule has 3 nitrogen and oxygen atoms in total. The molecule has 0 atom stereocenters. The molecule has 0 radical (unpaired) electrons. The second-order valence-corrected chi connectivity index (χ2v) is 13.2. The summed E-state index contributed by atoms with van der Waals surface area (Å²) in [5.41, 5.74) is 9.77. The molecule has 0 aliphatic carbocycles. The van der Waals surface area contributed by atoms with Crippen LogP contribution in [0.5, 0.6) is 0 Å². The number of benzene rings is 4. The summed E-state index contributed by atoms with van der Waals surface area (Å²) in [6.45, 7) is 0. The Labute approximate surface area is 254 Å². The van der Waals surface area contributed by atoms with Crippen LogP contribution in [-0.2, 0) is 0 Å². The molecule has 0 spiro atoms. The van der Waals surface area contributed by atoms with Crippen molar-refractivity contribution in [2.45, 2.75) is 0 Å². The van der Waals surface area contributed by atoms with Crippen LogP contribution in [0.25, 0.3) is 52.2 Å². The molecular weight excluding hydrogens is 571 g/mol. The molecular formula is C36H23N3S3. The highest BCUT2D eigenvalue weighted by molar-refractivity contribution is 7.34. The summed E-state index contributed by atoms with van der Waals surface area (Å²) in [5.74, 6) is 0. The normalized spacial score (nSPS) is 11.8. The summed E-state index contributed by atoms with van der Waals surface area (Å²) in [6, 6.07) is 47.6. The van der Waals surface area contributed by atoms with Gasteiger partial charge >= 0.3 is 0 Å². The monoisotopic (exact) mass is 593 g/mol. The van der Waals surface area contributed by atoms with E-state index in [1.165, 1.54) is 57.2 Å². The van der Waals surface area contributed by atoms with Gasteiger partial charge < -0.3 is 14.0 Å². The van der Waals surface area contributed by atoms with Gasteiger partial charge in [0, 0.05) is 22.7 Å². The van der Waals surface area contributed by atoms with Crippen molar-refractivity contribution in [2.24, 2.45) is 0 Å². The molecule has 0 saturated carbocycles. The van der Waals surface area contributed by atoms with Crippen LogP contribution in [0, 0.1) is 0 Å². The lowest BCUT2D eigenvalue weighted by atomic mass is 10.2. The van der Waals surface area contributed by atoms with Crippen molar-refractivity contribution >= 4 is 91.3 Å². The lowest BCUT2D eigenvalue weighted by Gasteiger charge is -2.23. The zero-order valence-corrected chi connectivity index (χ0v) is 24.8. The first-order chi connectivity index (χ1) is 20.9. The number of rotatable bonds is 5. The summed E-state index contributed by atoms with van der Waals surface area (Å²) < 4.78 is 10.3. The third-order valence-corrected chi connectivity index (χ3v) is 11.3. The number of nitrogens with zero attached hydrogens (tertiary/aromatic N) is 3. The summed E-state index contributed by atoms with van der Waals surface area (Å²) in [5, 5.41) is 3.42. The van der Waals surface area contributed by atoms with Gasteiger partial charge in [-0.05, 0) is 66.0 Å². The van der Waals surface area contributed by atoms with Crippen molar-refractivity contribution in [3.8, 4) is 11.4 Å². The SMILES string of the molecule is c1ccc(N(c2ccccc2)c2cc3c(s2)c2sc4c5sccc5n(-c5ccccc5)c4c2n3-c2ccccc2)cc1. The zero-order valence-electron chi connectivity index (χ0n) is 22.3. The number of thiophene rings is 3. The summed E-state index contributed by atoms with van der Waals surface area (Å²) >= 11 is 5.65. The molecule has 200 valence electrons. The van der Waals surface area contributed by atoms with Crippen molar-refractivity contribution in [2.75, 3.05) is 4.90 Å². The highest BCUT2D eigenvalue weighted by Gasteiger charge is 2.27. The zero-order chi connectivity index (χ0) is 27.6. The number of hydrogen-bond donors (Lipinski definition) is 0. The Balaban J connectivity index is 1.40. The molecule has 6 heteroatoms. The van der Waals surface area contributed by atoms with Crippen LogP contribution in [0.1, 0.15) is 0 Å². The van der Waals surface area contributed by atoms with Crippen LogP contribution in [0.2, 0.25) is 0 Å². The minimum atomic E-state index is 1.15. The van der Waals surface area contributed by atoms with E-state index in [9.17, 15) is 0 Å². The predicted octanol–water partition coefficient (Wildman–Crippen LogP) is 11.5. The second kappa shape index (κ2) is 9.46. The van der Waals surface area contributed by atoms with E-state index in [4.69, 9.17) is 0 Å². The molecule has 5 heterocycles. The van der Waals surface area contributed by atoms with E-state index in [-0.39, 0.29) is 0 Å². The van der Waals surface area contributed by atoms with Gasteiger partial charge in [-0.15, -0.1) is 34.0 Å². The maximum atomic E-state index is 2.49. The second-order valence-electron chi connectivity index (χ2n) is 10.2. The molecule has 0 aliphatic rings. The molecule has 4 aromatic carbocycles. The van der Waals surface area contributed by atoms with E-state index in [0.29, 0.717) is 0 Å². The van der Waals surface area contributed by atoms with E-state index in [2.05, 4.69) is 153 Å². The largest absolute Gasteiger partial charge is 0.306 e. The first-order valence-electron chi connectivity index (χ1n) is 13.9. The quantitative estimate of drug-likeness (QED) is 0.193. The molecule has 9 rings (SSSR count). The predicted molar refractivity (Wildman–Crippen MR) is 183 cm³/mol. The lowest BCUT2D eigenvalue weighted by molar-refractivity contribution is 1.15. The fourth-order valence-corrected chi connectivity index (χ4v) is 9.71. The third-order valence-electron chi connectivity index (χ3n) is 7.82. The Bertz CT molecular complexity index is 2300. The molecule has 9 aromatic rings.